The zero-order valence-electron chi connectivity index (χ0n) is 16.2. The molecular formula is C25H22FNO2. The van der Waals surface area contributed by atoms with Gasteiger partial charge in [0.1, 0.15) is 5.82 Å². The van der Waals surface area contributed by atoms with Crippen molar-refractivity contribution in [3.8, 4) is 0 Å². The van der Waals surface area contributed by atoms with Crippen LogP contribution in [-0.4, -0.2) is 11.0 Å². The molecule has 0 radical (unpaired) electrons. The fourth-order valence-corrected chi connectivity index (χ4v) is 4.06. The maximum Gasteiger partial charge on any atom is 0.265 e. The van der Waals surface area contributed by atoms with E-state index in [4.69, 9.17) is 0 Å². The third-order valence-corrected chi connectivity index (χ3v) is 5.54. The van der Waals surface area contributed by atoms with Gasteiger partial charge in [0.25, 0.3) is 5.91 Å². The van der Waals surface area contributed by atoms with Gasteiger partial charge in [-0.2, -0.15) is 0 Å². The fraction of sp³-hybridized carbons (Fsp3) is 0.160. The molecule has 0 saturated heterocycles. The van der Waals surface area contributed by atoms with Crippen LogP contribution in [0.25, 0.3) is 0 Å². The van der Waals surface area contributed by atoms with Gasteiger partial charge in [-0.1, -0.05) is 78.4 Å². The van der Waals surface area contributed by atoms with Gasteiger partial charge in [0.05, 0.1) is 12.2 Å². The Morgan fingerprint density at radius 2 is 1.76 bits per heavy atom. The third-order valence-electron chi connectivity index (χ3n) is 5.54. The van der Waals surface area contributed by atoms with Gasteiger partial charge in [-0.15, -0.1) is 6.58 Å². The van der Waals surface area contributed by atoms with E-state index in [1.165, 1.54) is 17.0 Å². The van der Waals surface area contributed by atoms with E-state index < -0.39 is 23.2 Å². The molecule has 3 aromatic carbocycles. The summed E-state index contributed by atoms with van der Waals surface area (Å²) >= 11 is 0. The summed E-state index contributed by atoms with van der Waals surface area (Å²) in [6, 6.07) is 21.4. The number of rotatable bonds is 5. The molecule has 0 spiro atoms. The maximum atomic E-state index is 14.9. The molecule has 0 unspecified atom stereocenters. The minimum Gasteiger partial charge on any atom is -0.374 e. The molecule has 0 bridgehead atoms. The van der Waals surface area contributed by atoms with Gasteiger partial charge in [-0.25, -0.2) is 4.39 Å². The summed E-state index contributed by atoms with van der Waals surface area (Å²) in [6.07, 6.45) is 1.55. The van der Waals surface area contributed by atoms with Crippen molar-refractivity contribution in [3.05, 3.63) is 114 Å². The van der Waals surface area contributed by atoms with E-state index in [0.29, 0.717) is 0 Å². The Kier molecular flexibility index (Phi) is 4.81. The molecule has 3 aromatic rings. The molecule has 3 nitrogen and oxygen atoms in total. The summed E-state index contributed by atoms with van der Waals surface area (Å²) in [5, 5.41) is 11.7. The van der Waals surface area contributed by atoms with Gasteiger partial charge in [0, 0.05) is 11.5 Å². The van der Waals surface area contributed by atoms with Crippen molar-refractivity contribution in [3.63, 3.8) is 0 Å². The van der Waals surface area contributed by atoms with Gasteiger partial charge in [0.2, 0.25) is 0 Å². The molecule has 0 saturated carbocycles. The summed E-state index contributed by atoms with van der Waals surface area (Å²) in [6.45, 7) is 6.01. The lowest BCUT2D eigenvalue weighted by atomic mass is 9.78. The van der Waals surface area contributed by atoms with Crippen molar-refractivity contribution >= 4 is 11.6 Å². The first-order valence-electron chi connectivity index (χ1n) is 9.53. The van der Waals surface area contributed by atoms with Crippen LogP contribution in [0.15, 0.2) is 85.5 Å². The number of carbonyl (C=O) groups is 1. The average Bonchev–Trinajstić information content (AvgIpc) is 2.94. The normalized spacial score (nSPS) is 19.1. The number of benzene rings is 3. The Bertz CT molecular complexity index is 1060. The van der Waals surface area contributed by atoms with Crippen LogP contribution in [0, 0.1) is 12.7 Å². The van der Waals surface area contributed by atoms with E-state index in [1.54, 1.807) is 12.1 Å². The first kappa shape index (κ1) is 19.1. The lowest BCUT2D eigenvalue weighted by Gasteiger charge is -2.30. The van der Waals surface area contributed by atoms with Crippen LogP contribution >= 0.6 is 0 Å². The molecule has 1 aliphatic rings. The number of anilines is 1. The number of carbonyl (C=O) groups excluding carboxylic acids is 1. The summed E-state index contributed by atoms with van der Waals surface area (Å²) in [7, 11) is 0. The molecule has 4 heteroatoms. The van der Waals surface area contributed by atoms with Crippen molar-refractivity contribution in [2.75, 3.05) is 4.90 Å². The monoisotopic (exact) mass is 387 g/mol. The van der Waals surface area contributed by atoms with Crippen LogP contribution in [0.5, 0.6) is 0 Å². The number of nitrogens with zero attached hydrogens (tertiary/aromatic N) is 1. The largest absolute Gasteiger partial charge is 0.374 e. The molecule has 0 aliphatic carbocycles. The van der Waals surface area contributed by atoms with Crippen LogP contribution in [0.1, 0.15) is 28.2 Å². The molecule has 4 rings (SSSR count). The van der Waals surface area contributed by atoms with E-state index in [1.807, 2.05) is 61.5 Å². The van der Waals surface area contributed by atoms with E-state index in [-0.39, 0.29) is 17.8 Å². The Labute approximate surface area is 169 Å². The summed E-state index contributed by atoms with van der Waals surface area (Å²) < 4.78 is 14.9. The summed E-state index contributed by atoms with van der Waals surface area (Å²) in [5.74, 6) is -1.79. The van der Waals surface area contributed by atoms with E-state index in [9.17, 15) is 14.3 Å². The number of halogens is 1. The second kappa shape index (κ2) is 7.30. The highest BCUT2D eigenvalue weighted by Crippen LogP contribution is 2.50. The first-order chi connectivity index (χ1) is 14.0. The number of hydrogen-bond donors (Lipinski definition) is 1. The first-order valence-corrected chi connectivity index (χ1v) is 9.53. The van der Waals surface area contributed by atoms with Gasteiger partial charge >= 0.3 is 0 Å². The van der Waals surface area contributed by atoms with Crippen molar-refractivity contribution < 1.29 is 14.3 Å². The number of aliphatic hydroxyl groups is 1. The molecule has 2 atom stereocenters. The molecule has 1 N–H and O–H groups in total. The van der Waals surface area contributed by atoms with Gasteiger partial charge < -0.3 is 10.0 Å². The molecule has 146 valence electrons. The minimum absolute atomic E-state index is 0.128. The topological polar surface area (TPSA) is 40.5 Å². The average molecular weight is 387 g/mol. The minimum atomic E-state index is -1.93. The SMILES string of the molecule is C=C[C@@H](c1ccccc1)[C@@]1(O)C(=O)N(Cc2ccc(C)cc2)c2c(F)cccc21. The van der Waals surface area contributed by atoms with Gasteiger partial charge in [-0.05, 0) is 24.1 Å². The predicted molar refractivity (Wildman–Crippen MR) is 112 cm³/mol. The van der Waals surface area contributed by atoms with Crippen LogP contribution < -0.4 is 4.90 Å². The lowest BCUT2D eigenvalue weighted by molar-refractivity contribution is -0.137. The standard InChI is InChI=1S/C25H22FNO2/c1-3-20(19-8-5-4-6-9-19)25(29)21-10-7-11-22(26)23(21)27(24(25)28)16-18-14-12-17(2)13-15-18/h3-15,20,29H,1,16H2,2H3/t20-,25-/m0/s1. The van der Waals surface area contributed by atoms with Crippen LogP contribution in [0.4, 0.5) is 10.1 Å². The second-order valence-electron chi connectivity index (χ2n) is 7.40. The molecular weight excluding hydrogens is 365 g/mol. The molecule has 1 heterocycles. The Balaban J connectivity index is 1.84. The number of para-hydroxylation sites is 1. The van der Waals surface area contributed by atoms with E-state index in [2.05, 4.69) is 6.58 Å². The molecule has 1 amide bonds. The Morgan fingerprint density at radius 3 is 2.41 bits per heavy atom. The summed E-state index contributed by atoms with van der Waals surface area (Å²) in [5.41, 5.74) is 1.17. The van der Waals surface area contributed by atoms with Crippen LogP contribution in [0.2, 0.25) is 0 Å². The molecule has 1 aliphatic heterocycles. The highest BCUT2D eigenvalue weighted by molar-refractivity contribution is 6.07. The second-order valence-corrected chi connectivity index (χ2v) is 7.40. The highest BCUT2D eigenvalue weighted by atomic mass is 19.1. The van der Waals surface area contributed by atoms with Gasteiger partial charge in [-0.3, -0.25) is 4.79 Å². The van der Waals surface area contributed by atoms with Crippen molar-refractivity contribution in [1.29, 1.82) is 0 Å². The van der Waals surface area contributed by atoms with Gasteiger partial charge in [0.15, 0.2) is 5.60 Å². The van der Waals surface area contributed by atoms with E-state index >= 15 is 0 Å². The number of amides is 1. The van der Waals surface area contributed by atoms with Crippen LogP contribution in [-0.2, 0) is 16.9 Å². The van der Waals surface area contributed by atoms with Crippen molar-refractivity contribution in [1.82, 2.24) is 0 Å². The van der Waals surface area contributed by atoms with E-state index in [0.717, 1.165) is 16.7 Å². The number of fused-ring (bicyclic) bond motifs is 1. The van der Waals surface area contributed by atoms with Crippen molar-refractivity contribution in [2.24, 2.45) is 0 Å². The maximum absolute atomic E-state index is 14.9. The molecule has 29 heavy (non-hydrogen) atoms. The number of hydrogen-bond acceptors (Lipinski definition) is 2. The zero-order chi connectivity index (χ0) is 20.6. The fourth-order valence-electron chi connectivity index (χ4n) is 4.06. The Morgan fingerprint density at radius 1 is 1.07 bits per heavy atom. The quantitative estimate of drug-likeness (QED) is 0.637. The number of aryl methyl sites for hydroxylation is 1. The zero-order valence-corrected chi connectivity index (χ0v) is 16.2. The van der Waals surface area contributed by atoms with Crippen LogP contribution in [0.3, 0.4) is 0 Å². The predicted octanol–water partition coefficient (Wildman–Crippen LogP) is 4.84. The lowest BCUT2D eigenvalue weighted by Crippen LogP contribution is -2.44. The third kappa shape index (κ3) is 3.06. The molecule has 0 aromatic heterocycles. The Hall–Kier alpha value is -3.24. The van der Waals surface area contributed by atoms with Crippen molar-refractivity contribution in [2.45, 2.75) is 25.0 Å². The summed E-state index contributed by atoms with van der Waals surface area (Å²) in [4.78, 5) is 14.9. The smallest absolute Gasteiger partial charge is 0.265 e. The highest BCUT2D eigenvalue weighted by Gasteiger charge is 2.55. The molecule has 0 fully saturated rings.